The lowest BCUT2D eigenvalue weighted by molar-refractivity contribution is -0.117. The topological polar surface area (TPSA) is 121 Å². The molecule has 0 aromatic heterocycles. The van der Waals surface area contributed by atoms with Crippen molar-refractivity contribution in [2.24, 2.45) is 0 Å². The van der Waals surface area contributed by atoms with Gasteiger partial charge >= 0.3 is 0 Å². The number of aromatic hydroxyl groups is 2. The van der Waals surface area contributed by atoms with E-state index in [2.05, 4.69) is 5.32 Å². The number of methoxy groups -OCH3 is 3. The minimum Gasteiger partial charge on any atom is -0.508 e. The Morgan fingerprint density at radius 1 is 1.03 bits per heavy atom. The Balaban J connectivity index is 2.11. The Morgan fingerprint density at radius 2 is 1.63 bits per heavy atom. The number of phenols is 2. The van der Waals surface area contributed by atoms with Gasteiger partial charge in [0.25, 0.3) is 5.91 Å². The number of allylic oxidation sites excluding steroid dienone is 2. The van der Waals surface area contributed by atoms with Crippen LogP contribution in [0.25, 0.3) is 6.08 Å². The summed E-state index contributed by atoms with van der Waals surface area (Å²) >= 11 is 0. The molecule has 0 aliphatic carbocycles. The van der Waals surface area contributed by atoms with Crippen molar-refractivity contribution >= 4 is 12.0 Å². The summed E-state index contributed by atoms with van der Waals surface area (Å²) in [5.41, 5.74) is 1.10. The highest BCUT2D eigenvalue weighted by molar-refractivity contribution is 5.97. The van der Waals surface area contributed by atoms with Gasteiger partial charge in [0.1, 0.15) is 23.1 Å². The fourth-order valence-electron chi connectivity index (χ4n) is 2.65. The molecule has 0 heterocycles. The minimum absolute atomic E-state index is 0.0952. The highest BCUT2D eigenvalue weighted by atomic mass is 16.5. The van der Waals surface area contributed by atoms with Crippen LogP contribution in [0.15, 0.2) is 48.1 Å². The van der Waals surface area contributed by atoms with Gasteiger partial charge in [0.2, 0.25) is 5.75 Å². The van der Waals surface area contributed by atoms with Gasteiger partial charge in [-0.2, -0.15) is 5.26 Å². The van der Waals surface area contributed by atoms with Crippen LogP contribution in [0.3, 0.4) is 0 Å². The molecule has 156 valence electrons. The number of nitrogens with zero attached hydrogens (tertiary/aromatic N) is 1. The number of phenolic OH excluding ortho intramolecular Hbond substituents is 2. The molecule has 0 bridgehead atoms. The van der Waals surface area contributed by atoms with Gasteiger partial charge in [0, 0.05) is 12.6 Å². The molecular weight excluding hydrogens is 388 g/mol. The van der Waals surface area contributed by atoms with Crippen LogP contribution in [0.5, 0.6) is 28.7 Å². The molecular formula is C22H22N2O6. The third kappa shape index (κ3) is 5.69. The molecule has 2 aromatic carbocycles. The summed E-state index contributed by atoms with van der Waals surface area (Å²) in [5.74, 6) is 0.596. The van der Waals surface area contributed by atoms with Gasteiger partial charge < -0.3 is 29.7 Å². The summed E-state index contributed by atoms with van der Waals surface area (Å²) in [5, 5.41) is 30.9. The van der Waals surface area contributed by atoms with Gasteiger partial charge in [0.05, 0.1) is 21.3 Å². The van der Waals surface area contributed by atoms with Crippen LogP contribution in [0.1, 0.15) is 11.1 Å². The summed E-state index contributed by atoms with van der Waals surface area (Å²) < 4.78 is 15.8. The van der Waals surface area contributed by atoms with E-state index in [4.69, 9.17) is 14.2 Å². The number of hydrogen-bond donors (Lipinski definition) is 3. The molecule has 8 heteroatoms. The Morgan fingerprint density at radius 3 is 2.13 bits per heavy atom. The van der Waals surface area contributed by atoms with Crippen LogP contribution >= 0.6 is 0 Å². The zero-order valence-corrected chi connectivity index (χ0v) is 16.8. The zero-order chi connectivity index (χ0) is 22.1. The van der Waals surface area contributed by atoms with Crippen molar-refractivity contribution in [3.8, 4) is 34.8 Å². The lowest BCUT2D eigenvalue weighted by Crippen LogP contribution is -2.24. The Labute approximate surface area is 174 Å². The molecule has 8 nitrogen and oxygen atoms in total. The lowest BCUT2D eigenvalue weighted by Gasteiger charge is -2.14. The standard InChI is InChI=1S/C22H22N2O6/c1-28-19-9-15(10-20(29-2)21(19)30-3)13-24-22(27)16(12-23)6-4-5-14-7-17(25)11-18(26)8-14/h4-11,25-26H,13H2,1-3H3,(H,24,27)/b5-4+,16-6+. The van der Waals surface area contributed by atoms with Crippen LogP contribution in [0.2, 0.25) is 0 Å². The van der Waals surface area contributed by atoms with E-state index in [1.807, 2.05) is 6.07 Å². The maximum atomic E-state index is 12.3. The molecule has 3 N–H and O–H groups in total. The quantitative estimate of drug-likeness (QED) is 0.348. The van der Waals surface area contributed by atoms with Crippen LogP contribution in [0.4, 0.5) is 0 Å². The van der Waals surface area contributed by atoms with E-state index >= 15 is 0 Å². The summed E-state index contributed by atoms with van der Waals surface area (Å²) in [6.45, 7) is 0.138. The van der Waals surface area contributed by atoms with Crippen molar-refractivity contribution in [2.45, 2.75) is 6.54 Å². The average Bonchev–Trinajstić information content (AvgIpc) is 2.73. The molecule has 2 rings (SSSR count). The maximum absolute atomic E-state index is 12.3. The van der Waals surface area contributed by atoms with Crippen molar-refractivity contribution in [3.63, 3.8) is 0 Å². The summed E-state index contributed by atoms with van der Waals surface area (Å²) in [6, 6.07) is 9.30. The molecule has 0 aliphatic heterocycles. The molecule has 0 aliphatic rings. The first-order chi connectivity index (χ1) is 14.4. The monoisotopic (exact) mass is 410 g/mol. The fraction of sp³-hybridized carbons (Fsp3) is 0.182. The second-order valence-electron chi connectivity index (χ2n) is 6.05. The van der Waals surface area contributed by atoms with Crippen molar-refractivity contribution < 1.29 is 29.2 Å². The number of nitriles is 1. The highest BCUT2D eigenvalue weighted by Crippen LogP contribution is 2.38. The number of amides is 1. The first-order valence-electron chi connectivity index (χ1n) is 8.80. The van der Waals surface area contributed by atoms with E-state index < -0.39 is 5.91 Å². The smallest absolute Gasteiger partial charge is 0.262 e. The number of carbonyl (C=O) groups is 1. The van der Waals surface area contributed by atoms with Gasteiger partial charge in [-0.3, -0.25) is 4.79 Å². The van der Waals surface area contributed by atoms with Gasteiger partial charge in [0.15, 0.2) is 11.5 Å². The van der Waals surface area contributed by atoms with Crippen LogP contribution < -0.4 is 19.5 Å². The van der Waals surface area contributed by atoms with Crippen molar-refractivity contribution in [3.05, 3.63) is 59.2 Å². The number of hydrogen-bond acceptors (Lipinski definition) is 7. The van der Waals surface area contributed by atoms with Crippen LogP contribution in [-0.4, -0.2) is 37.4 Å². The van der Waals surface area contributed by atoms with Gasteiger partial charge in [-0.25, -0.2) is 0 Å². The summed E-state index contributed by atoms with van der Waals surface area (Å²) in [7, 11) is 4.49. The molecule has 0 saturated carbocycles. The second-order valence-corrected chi connectivity index (χ2v) is 6.05. The minimum atomic E-state index is -0.561. The van der Waals surface area contributed by atoms with Crippen molar-refractivity contribution in [2.75, 3.05) is 21.3 Å². The lowest BCUT2D eigenvalue weighted by atomic mass is 10.1. The molecule has 30 heavy (non-hydrogen) atoms. The van der Waals surface area contributed by atoms with E-state index in [9.17, 15) is 20.3 Å². The van der Waals surface area contributed by atoms with E-state index in [-0.39, 0.29) is 23.6 Å². The number of benzene rings is 2. The van der Waals surface area contributed by atoms with Crippen molar-refractivity contribution in [1.82, 2.24) is 5.32 Å². The first kappa shape index (κ1) is 22.2. The molecule has 0 saturated heterocycles. The average molecular weight is 410 g/mol. The SMILES string of the molecule is COc1cc(CNC(=O)/C(C#N)=C/C=C/c2cc(O)cc(O)c2)cc(OC)c1OC. The molecule has 0 unspecified atom stereocenters. The third-order valence-corrected chi connectivity index (χ3v) is 4.02. The predicted octanol–water partition coefficient (Wildman–Crippen LogP) is 2.90. The fourth-order valence-corrected chi connectivity index (χ4v) is 2.65. The molecule has 0 fully saturated rings. The number of rotatable bonds is 8. The largest absolute Gasteiger partial charge is 0.508 e. The van der Waals surface area contributed by atoms with Gasteiger partial charge in [-0.1, -0.05) is 12.2 Å². The summed E-state index contributed by atoms with van der Waals surface area (Å²) in [6.07, 6.45) is 4.36. The summed E-state index contributed by atoms with van der Waals surface area (Å²) in [4.78, 5) is 12.3. The van der Waals surface area contributed by atoms with Crippen LogP contribution in [0, 0.1) is 11.3 Å². The highest BCUT2D eigenvalue weighted by Gasteiger charge is 2.14. The first-order valence-corrected chi connectivity index (χ1v) is 8.80. The molecule has 0 spiro atoms. The predicted molar refractivity (Wildman–Crippen MR) is 110 cm³/mol. The number of carbonyl (C=O) groups excluding carboxylic acids is 1. The van der Waals surface area contributed by atoms with Gasteiger partial charge in [-0.15, -0.1) is 0 Å². The Kier molecular flexibility index (Phi) is 7.71. The molecule has 0 atom stereocenters. The zero-order valence-electron chi connectivity index (χ0n) is 16.8. The van der Waals surface area contributed by atoms with E-state index in [0.717, 1.165) is 0 Å². The Bertz CT molecular complexity index is 976. The molecule has 1 amide bonds. The third-order valence-electron chi connectivity index (χ3n) is 4.02. The normalized spacial score (nSPS) is 11.1. The van der Waals surface area contributed by atoms with E-state index in [1.165, 1.54) is 51.7 Å². The molecule has 2 aromatic rings. The van der Waals surface area contributed by atoms with Crippen molar-refractivity contribution in [1.29, 1.82) is 5.26 Å². The Hall–Kier alpha value is -4.12. The second kappa shape index (κ2) is 10.4. The maximum Gasteiger partial charge on any atom is 0.262 e. The van der Waals surface area contributed by atoms with E-state index in [1.54, 1.807) is 18.2 Å². The number of nitrogens with one attached hydrogen (secondary N) is 1. The molecule has 0 radical (unpaired) electrons. The van der Waals surface area contributed by atoms with Gasteiger partial charge in [-0.05, 0) is 41.5 Å². The van der Waals surface area contributed by atoms with E-state index in [0.29, 0.717) is 28.4 Å². The van der Waals surface area contributed by atoms with Crippen LogP contribution in [-0.2, 0) is 11.3 Å². The number of ether oxygens (including phenoxy) is 3.